The number of nitrogens with one attached hydrogen (secondary N) is 1. The van der Waals surface area contributed by atoms with Crippen LogP contribution in [-0.2, 0) is 0 Å². The minimum Gasteiger partial charge on any atom is -0.314 e. The Morgan fingerprint density at radius 3 is 2.17 bits per heavy atom. The van der Waals surface area contributed by atoms with Crippen LogP contribution in [0.15, 0.2) is 0 Å². The van der Waals surface area contributed by atoms with E-state index in [1.165, 1.54) is 0 Å². The Balaban J connectivity index is 1.81. The van der Waals surface area contributed by atoms with Crippen molar-refractivity contribution in [3.05, 3.63) is 0 Å². The van der Waals surface area contributed by atoms with Crippen LogP contribution in [0.4, 0.5) is 0 Å². The molecule has 0 bridgehead atoms. The fourth-order valence-electron chi connectivity index (χ4n) is 1.75. The highest BCUT2D eigenvalue weighted by Crippen LogP contribution is 2.33. The molecule has 2 aliphatic rings. The number of hydrogen-bond donors (Lipinski definition) is 1. The maximum Gasteiger partial charge on any atom is 0.120 e. The van der Waals surface area contributed by atoms with Crippen molar-refractivity contribution >= 4 is 23.2 Å². The van der Waals surface area contributed by atoms with Gasteiger partial charge < -0.3 is 5.32 Å². The van der Waals surface area contributed by atoms with Gasteiger partial charge >= 0.3 is 0 Å². The van der Waals surface area contributed by atoms with Crippen LogP contribution in [0.2, 0.25) is 0 Å². The van der Waals surface area contributed by atoms with Crippen LogP contribution < -0.4 is 5.32 Å². The third-order valence-electron chi connectivity index (χ3n) is 2.81. The molecular formula is C8H14Cl2N2. The lowest BCUT2D eigenvalue weighted by atomic mass is 10.0. The Kier molecular flexibility index (Phi) is 2.52. The smallest absolute Gasteiger partial charge is 0.120 e. The summed E-state index contributed by atoms with van der Waals surface area (Å²) in [5.74, 6) is 0. The average molecular weight is 209 g/mol. The van der Waals surface area contributed by atoms with Gasteiger partial charge in [-0.2, -0.15) is 0 Å². The molecule has 0 spiro atoms. The molecule has 12 heavy (non-hydrogen) atoms. The van der Waals surface area contributed by atoms with Gasteiger partial charge in [0.05, 0.1) is 0 Å². The molecule has 2 nitrogen and oxygen atoms in total. The van der Waals surface area contributed by atoms with Crippen molar-refractivity contribution in [1.29, 1.82) is 0 Å². The number of rotatable bonds is 1. The molecule has 1 N–H and O–H groups in total. The van der Waals surface area contributed by atoms with Crippen LogP contribution in [0.5, 0.6) is 0 Å². The molecule has 0 aromatic heterocycles. The average Bonchev–Trinajstić information content (AvgIpc) is 1.89. The monoisotopic (exact) mass is 208 g/mol. The van der Waals surface area contributed by atoms with Crippen LogP contribution in [0, 0.1) is 0 Å². The molecular weight excluding hydrogens is 195 g/mol. The molecule has 0 amide bonds. The first kappa shape index (κ1) is 9.07. The molecule has 0 aliphatic carbocycles. The Labute approximate surface area is 83.2 Å². The van der Waals surface area contributed by atoms with E-state index in [1.807, 2.05) is 0 Å². The Hall–Kier alpha value is 0.500. The van der Waals surface area contributed by atoms with E-state index < -0.39 is 4.33 Å². The van der Waals surface area contributed by atoms with Gasteiger partial charge in [-0.1, -0.05) is 0 Å². The van der Waals surface area contributed by atoms with Gasteiger partial charge in [0.2, 0.25) is 0 Å². The predicted octanol–water partition coefficient (Wildman–Crippen LogP) is 1.23. The molecule has 2 aliphatic heterocycles. The van der Waals surface area contributed by atoms with E-state index in [0.29, 0.717) is 0 Å². The summed E-state index contributed by atoms with van der Waals surface area (Å²) in [5, 5.41) is 3.27. The maximum absolute atomic E-state index is 6.03. The first-order chi connectivity index (χ1) is 5.67. The van der Waals surface area contributed by atoms with Gasteiger partial charge in [-0.25, -0.2) is 0 Å². The van der Waals surface area contributed by atoms with E-state index in [9.17, 15) is 0 Å². The minimum atomic E-state index is -0.451. The summed E-state index contributed by atoms with van der Waals surface area (Å²) in [5.41, 5.74) is 0. The zero-order chi connectivity index (χ0) is 8.60. The number of likely N-dealkylation sites (tertiary alicyclic amines) is 1. The van der Waals surface area contributed by atoms with E-state index in [0.717, 1.165) is 45.1 Å². The van der Waals surface area contributed by atoms with Crippen LogP contribution in [0.1, 0.15) is 12.8 Å². The molecule has 2 saturated heterocycles. The zero-order valence-corrected chi connectivity index (χ0v) is 8.53. The van der Waals surface area contributed by atoms with Crippen molar-refractivity contribution in [1.82, 2.24) is 10.2 Å². The summed E-state index contributed by atoms with van der Waals surface area (Å²) in [7, 11) is 0. The van der Waals surface area contributed by atoms with E-state index >= 15 is 0 Å². The summed E-state index contributed by atoms with van der Waals surface area (Å²) >= 11 is 12.1. The predicted molar refractivity (Wildman–Crippen MR) is 51.9 cm³/mol. The van der Waals surface area contributed by atoms with E-state index in [-0.39, 0.29) is 0 Å². The highest BCUT2D eigenvalue weighted by atomic mass is 35.5. The first-order valence-electron chi connectivity index (χ1n) is 4.50. The van der Waals surface area contributed by atoms with Crippen molar-refractivity contribution in [2.75, 3.05) is 26.2 Å². The molecule has 70 valence electrons. The lowest BCUT2D eigenvalue weighted by Gasteiger charge is -2.43. The second kappa shape index (κ2) is 3.33. The molecule has 0 unspecified atom stereocenters. The summed E-state index contributed by atoms with van der Waals surface area (Å²) in [4.78, 5) is 2.49. The van der Waals surface area contributed by atoms with Gasteiger partial charge in [0.1, 0.15) is 4.33 Å². The first-order valence-corrected chi connectivity index (χ1v) is 5.26. The lowest BCUT2D eigenvalue weighted by molar-refractivity contribution is 0.118. The fraction of sp³-hybridized carbons (Fsp3) is 1.00. The quantitative estimate of drug-likeness (QED) is 0.653. The molecule has 0 saturated carbocycles. The van der Waals surface area contributed by atoms with E-state index in [4.69, 9.17) is 23.2 Å². The van der Waals surface area contributed by atoms with Gasteiger partial charge in [-0.15, -0.1) is 23.2 Å². The summed E-state index contributed by atoms with van der Waals surface area (Å²) < 4.78 is -0.451. The second-order valence-electron chi connectivity index (χ2n) is 3.70. The van der Waals surface area contributed by atoms with E-state index in [2.05, 4.69) is 10.2 Å². The van der Waals surface area contributed by atoms with Crippen LogP contribution >= 0.6 is 23.2 Å². The molecule has 2 heterocycles. The fourth-order valence-corrected chi connectivity index (χ4v) is 2.09. The maximum atomic E-state index is 6.03. The number of halogens is 2. The molecule has 2 fully saturated rings. The highest BCUT2D eigenvalue weighted by molar-refractivity contribution is 6.48. The summed E-state index contributed by atoms with van der Waals surface area (Å²) in [6, 6.07) is 0.745. The molecule has 0 aromatic carbocycles. The highest BCUT2D eigenvalue weighted by Gasteiger charge is 2.34. The zero-order valence-electron chi connectivity index (χ0n) is 7.02. The minimum absolute atomic E-state index is 0.451. The van der Waals surface area contributed by atoms with Crippen molar-refractivity contribution in [3.63, 3.8) is 0 Å². The molecule has 0 radical (unpaired) electrons. The number of piperidine rings is 1. The molecule has 0 aromatic rings. The topological polar surface area (TPSA) is 15.3 Å². The van der Waals surface area contributed by atoms with Gasteiger partial charge in [0.25, 0.3) is 0 Å². The summed E-state index contributed by atoms with van der Waals surface area (Å²) in [6.07, 6.45) is 1.82. The Morgan fingerprint density at radius 1 is 1.17 bits per heavy atom. The summed E-state index contributed by atoms with van der Waals surface area (Å²) in [6.45, 7) is 4.38. The standard InChI is InChI=1S/C8H14Cl2N2/c9-8(10)1-3-12(4-2-8)7-5-11-6-7/h7,11H,1-6H2. The Bertz CT molecular complexity index is 158. The number of hydrogen-bond acceptors (Lipinski definition) is 2. The van der Waals surface area contributed by atoms with E-state index in [1.54, 1.807) is 0 Å². The largest absolute Gasteiger partial charge is 0.314 e. The van der Waals surface area contributed by atoms with Crippen LogP contribution in [0.25, 0.3) is 0 Å². The van der Waals surface area contributed by atoms with Crippen LogP contribution in [0.3, 0.4) is 0 Å². The van der Waals surface area contributed by atoms with Crippen LogP contribution in [-0.4, -0.2) is 41.5 Å². The molecule has 0 atom stereocenters. The lowest BCUT2D eigenvalue weighted by Crippen LogP contribution is -2.59. The normalized spacial score (nSPS) is 31.5. The van der Waals surface area contributed by atoms with Gasteiger partial charge in [-0.05, 0) is 12.8 Å². The van der Waals surface area contributed by atoms with Gasteiger partial charge in [-0.3, -0.25) is 4.90 Å². The van der Waals surface area contributed by atoms with Crippen molar-refractivity contribution in [2.45, 2.75) is 23.2 Å². The SMILES string of the molecule is ClC1(Cl)CCN(C2CNC2)CC1. The van der Waals surface area contributed by atoms with Crippen molar-refractivity contribution in [2.24, 2.45) is 0 Å². The third kappa shape index (κ3) is 1.87. The second-order valence-corrected chi connectivity index (χ2v) is 5.34. The van der Waals surface area contributed by atoms with Gasteiger partial charge in [0, 0.05) is 32.2 Å². The van der Waals surface area contributed by atoms with Crippen molar-refractivity contribution in [3.8, 4) is 0 Å². The molecule has 2 rings (SSSR count). The van der Waals surface area contributed by atoms with Gasteiger partial charge in [0.15, 0.2) is 0 Å². The van der Waals surface area contributed by atoms with Crippen molar-refractivity contribution < 1.29 is 0 Å². The number of alkyl halides is 2. The Morgan fingerprint density at radius 2 is 1.75 bits per heavy atom. The third-order valence-corrected chi connectivity index (χ3v) is 3.56. The molecule has 4 heteroatoms. The number of nitrogens with zero attached hydrogens (tertiary/aromatic N) is 1.